The average Bonchev–Trinajstić information content (AvgIpc) is 3.54. The monoisotopic (exact) mass is 494 g/mol. The van der Waals surface area contributed by atoms with Gasteiger partial charge in [-0.2, -0.15) is 0 Å². The lowest BCUT2D eigenvalue weighted by Crippen LogP contribution is -2.27. The number of anilines is 2. The van der Waals surface area contributed by atoms with Crippen LogP contribution in [-0.2, 0) is 19.4 Å². The van der Waals surface area contributed by atoms with E-state index in [0.717, 1.165) is 63.3 Å². The van der Waals surface area contributed by atoms with Crippen LogP contribution in [0, 0.1) is 5.41 Å². The number of benzene rings is 1. The highest BCUT2D eigenvalue weighted by atomic mass is 32.1. The van der Waals surface area contributed by atoms with Crippen molar-refractivity contribution in [2.24, 2.45) is 5.41 Å². The number of pyridine rings is 2. The molecule has 1 aromatic carbocycles. The Morgan fingerprint density at radius 2 is 1.92 bits per heavy atom. The van der Waals surface area contributed by atoms with Crippen molar-refractivity contribution >= 4 is 54.3 Å². The van der Waals surface area contributed by atoms with Gasteiger partial charge in [0, 0.05) is 36.6 Å². The zero-order chi connectivity index (χ0) is 24.3. The standard InChI is InChI=1S/C29H30N6S/c1-29(2)10-9-20-21(14-29)23-24-25(36-28(23)34-27(20)35-11-5-6-12-35)26(33-17-32-24)31-16-18-13-19-7-3-4-8-22(19)30-15-18/h3-4,7-8,13,15,17H,5-6,9-12,14,16H2,1-2H3,(H,31,32,33). The Morgan fingerprint density at radius 1 is 1.06 bits per heavy atom. The third kappa shape index (κ3) is 3.68. The Labute approximate surface area is 214 Å². The van der Waals surface area contributed by atoms with Gasteiger partial charge in [-0.15, -0.1) is 11.3 Å². The van der Waals surface area contributed by atoms with Gasteiger partial charge in [0.1, 0.15) is 22.8 Å². The summed E-state index contributed by atoms with van der Waals surface area (Å²) in [7, 11) is 0. The van der Waals surface area contributed by atoms with Crippen molar-refractivity contribution in [2.45, 2.75) is 52.5 Å². The molecule has 7 heteroatoms. The highest BCUT2D eigenvalue weighted by molar-refractivity contribution is 7.26. The van der Waals surface area contributed by atoms with Gasteiger partial charge in [-0.05, 0) is 66.3 Å². The van der Waals surface area contributed by atoms with E-state index in [1.165, 1.54) is 41.6 Å². The Hall–Kier alpha value is -3.32. The van der Waals surface area contributed by atoms with Crippen molar-refractivity contribution in [2.75, 3.05) is 23.3 Å². The number of para-hydroxylation sites is 1. The van der Waals surface area contributed by atoms with Crippen LogP contribution in [0.2, 0.25) is 0 Å². The van der Waals surface area contributed by atoms with Crippen LogP contribution in [0.5, 0.6) is 0 Å². The van der Waals surface area contributed by atoms with Gasteiger partial charge in [0.25, 0.3) is 0 Å². The highest BCUT2D eigenvalue weighted by Gasteiger charge is 2.32. The molecule has 0 spiro atoms. The average molecular weight is 495 g/mol. The number of nitrogens with zero attached hydrogens (tertiary/aromatic N) is 5. The molecule has 5 heterocycles. The summed E-state index contributed by atoms with van der Waals surface area (Å²) in [5.41, 5.74) is 6.40. The van der Waals surface area contributed by atoms with E-state index < -0.39 is 0 Å². The molecule has 1 aliphatic heterocycles. The van der Waals surface area contributed by atoms with Crippen LogP contribution in [0.1, 0.15) is 49.8 Å². The minimum absolute atomic E-state index is 0.287. The van der Waals surface area contributed by atoms with Gasteiger partial charge in [0.05, 0.1) is 15.7 Å². The molecule has 1 fully saturated rings. The summed E-state index contributed by atoms with van der Waals surface area (Å²) in [5, 5.41) is 5.98. The van der Waals surface area contributed by atoms with E-state index >= 15 is 0 Å². The van der Waals surface area contributed by atoms with Gasteiger partial charge in [-0.3, -0.25) is 4.98 Å². The van der Waals surface area contributed by atoms with E-state index in [4.69, 9.17) is 9.97 Å². The first-order chi connectivity index (χ1) is 17.6. The number of fused-ring (bicyclic) bond motifs is 6. The van der Waals surface area contributed by atoms with Gasteiger partial charge in [-0.25, -0.2) is 15.0 Å². The van der Waals surface area contributed by atoms with Crippen molar-refractivity contribution in [3.05, 3.63) is 59.5 Å². The molecule has 1 N–H and O–H groups in total. The fourth-order valence-electron chi connectivity index (χ4n) is 5.90. The SMILES string of the molecule is CC1(C)CCc2c(N3CCCC3)nc3sc4c(NCc5cnc6ccccc6c5)ncnc4c3c2C1. The minimum atomic E-state index is 0.287. The van der Waals surface area contributed by atoms with Crippen LogP contribution in [-0.4, -0.2) is 33.0 Å². The van der Waals surface area contributed by atoms with Crippen LogP contribution in [0.3, 0.4) is 0 Å². The minimum Gasteiger partial charge on any atom is -0.365 e. The van der Waals surface area contributed by atoms with Gasteiger partial charge in [0.15, 0.2) is 0 Å². The largest absolute Gasteiger partial charge is 0.365 e. The summed E-state index contributed by atoms with van der Waals surface area (Å²) in [5.74, 6) is 2.10. The van der Waals surface area contributed by atoms with Crippen molar-refractivity contribution in [1.82, 2.24) is 19.9 Å². The van der Waals surface area contributed by atoms with Gasteiger partial charge in [-0.1, -0.05) is 32.0 Å². The first-order valence-corrected chi connectivity index (χ1v) is 13.8. The molecule has 0 saturated carbocycles. The second kappa shape index (κ2) is 8.37. The molecule has 0 bridgehead atoms. The predicted octanol–water partition coefficient (Wildman–Crippen LogP) is 6.51. The van der Waals surface area contributed by atoms with E-state index in [1.807, 2.05) is 18.3 Å². The molecule has 182 valence electrons. The van der Waals surface area contributed by atoms with Crippen molar-refractivity contribution < 1.29 is 0 Å². The first kappa shape index (κ1) is 21.9. The summed E-state index contributed by atoms with van der Waals surface area (Å²) in [6.45, 7) is 7.69. The Balaban J connectivity index is 1.32. The number of aromatic nitrogens is 4. The zero-order valence-corrected chi connectivity index (χ0v) is 21.7. The predicted molar refractivity (Wildman–Crippen MR) is 149 cm³/mol. The molecular weight excluding hydrogens is 464 g/mol. The number of hydrogen-bond acceptors (Lipinski definition) is 7. The van der Waals surface area contributed by atoms with E-state index in [1.54, 1.807) is 17.7 Å². The van der Waals surface area contributed by atoms with E-state index in [-0.39, 0.29) is 5.41 Å². The van der Waals surface area contributed by atoms with Gasteiger partial charge < -0.3 is 10.2 Å². The molecule has 0 unspecified atom stereocenters. The second-order valence-corrected chi connectivity index (χ2v) is 12.0. The van der Waals surface area contributed by atoms with Crippen LogP contribution >= 0.6 is 11.3 Å². The molecule has 1 saturated heterocycles. The molecular formula is C29H30N6S. The normalized spacial score (nSPS) is 17.2. The van der Waals surface area contributed by atoms with Crippen LogP contribution in [0.15, 0.2) is 42.9 Å². The molecule has 7 rings (SSSR count). The lowest BCUT2D eigenvalue weighted by molar-refractivity contribution is 0.316. The zero-order valence-electron chi connectivity index (χ0n) is 20.8. The summed E-state index contributed by atoms with van der Waals surface area (Å²) in [6, 6.07) is 10.4. The number of rotatable bonds is 4. The van der Waals surface area contributed by atoms with Crippen LogP contribution in [0.4, 0.5) is 11.6 Å². The lowest BCUT2D eigenvalue weighted by Gasteiger charge is -2.34. The Morgan fingerprint density at radius 3 is 2.81 bits per heavy atom. The van der Waals surface area contributed by atoms with E-state index in [2.05, 4.69) is 52.2 Å². The molecule has 0 radical (unpaired) electrons. The molecule has 1 aliphatic carbocycles. The molecule has 5 aromatic rings. The van der Waals surface area contributed by atoms with Crippen molar-refractivity contribution in [1.29, 1.82) is 0 Å². The van der Waals surface area contributed by atoms with Crippen molar-refractivity contribution in [3.63, 3.8) is 0 Å². The van der Waals surface area contributed by atoms with Crippen molar-refractivity contribution in [3.8, 4) is 0 Å². The highest BCUT2D eigenvalue weighted by Crippen LogP contribution is 2.46. The maximum absolute atomic E-state index is 5.29. The maximum Gasteiger partial charge on any atom is 0.147 e. The van der Waals surface area contributed by atoms with Gasteiger partial charge >= 0.3 is 0 Å². The summed E-state index contributed by atoms with van der Waals surface area (Å²) in [6.07, 6.45) is 9.54. The third-order valence-corrected chi connectivity index (χ3v) is 8.90. The van der Waals surface area contributed by atoms with E-state index in [0.29, 0.717) is 6.54 Å². The topological polar surface area (TPSA) is 66.8 Å². The maximum atomic E-state index is 5.29. The van der Waals surface area contributed by atoms with E-state index in [9.17, 15) is 0 Å². The Kier molecular flexibility index (Phi) is 5.10. The number of thiophene rings is 1. The molecule has 0 amide bonds. The molecule has 0 atom stereocenters. The summed E-state index contributed by atoms with van der Waals surface area (Å²) in [4.78, 5) is 23.0. The molecule has 36 heavy (non-hydrogen) atoms. The van der Waals surface area contributed by atoms with Gasteiger partial charge in [0.2, 0.25) is 0 Å². The molecule has 4 aromatic heterocycles. The third-order valence-electron chi connectivity index (χ3n) is 7.82. The fourth-order valence-corrected chi connectivity index (χ4v) is 7.02. The number of hydrogen-bond donors (Lipinski definition) is 1. The quantitative estimate of drug-likeness (QED) is 0.307. The lowest BCUT2D eigenvalue weighted by atomic mass is 9.73. The van der Waals surface area contributed by atoms with Crippen LogP contribution < -0.4 is 10.2 Å². The molecule has 6 nitrogen and oxygen atoms in total. The fraction of sp³-hybridized carbons (Fsp3) is 0.379. The summed E-state index contributed by atoms with van der Waals surface area (Å²) >= 11 is 1.73. The second-order valence-electron chi connectivity index (χ2n) is 11.0. The smallest absolute Gasteiger partial charge is 0.147 e. The molecule has 2 aliphatic rings. The Bertz CT molecular complexity index is 1620. The summed E-state index contributed by atoms with van der Waals surface area (Å²) < 4.78 is 1.10. The van der Waals surface area contributed by atoms with Crippen LogP contribution in [0.25, 0.3) is 31.3 Å². The number of nitrogens with one attached hydrogen (secondary N) is 1. The first-order valence-electron chi connectivity index (χ1n) is 13.0.